The molecule has 0 amide bonds. The third kappa shape index (κ3) is 5.70. The van der Waals surface area contributed by atoms with E-state index >= 15 is 0 Å². The topological polar surface area (TPSA) is 43.4 Å². The van der Waals surface area contributed by atoms with E-state index in [4.69, 9.17) is 4.74 Å². The molecule has 0 saturated carbocycles. The van der Waals surface area contributed by atoms with Gasteiger partial charge in [0.1, 0.15) is 0 Å². The van der Waals surface area contributed by atoms with Crippen molar-refractivity contribution in [3.05, 3.63) is 71.8 Å². The maximum atomic E-state index is 11.9. The normalized spacial score (nSPS) is 11.7. The van der Waals surface area contributed by atoms with E-state index in [9.17, 15) is 9.59 Å². The molecular weight excluding hydrogens is 288 g/mol. The van der Waals surface area contributed by atoms with Crippen LogP contribution in [0, 0.1) is 5.92 Å². The van der Waals surface area contributed by atoms with E-state index in [0.29, 0.717) is 11.5 Å². The third-order valence-corrected chi connectivity index (χ3v) is 3.83. The molecule has 0 aliphatic carbocycles. The van der Waals surface area contributed by atoms with Crippen LogP contribution in [0.2, 0.25) is 0 Å². The van der Waals surface area contributed by atoms with Crippen LogP contribution in [-0.4, -0.2) is 18.4 Å². The highest BCUT2D eigenvalue weighted by atomic mass is 16.5. The van der Waals surface area contributed by atoms with Crippen LogP contribution >= 0.6 is 0 Å². The summed E-state index contributed by atoms with van der Waals surface area (Å²) in [6, 6.07) is 18.8. The van der Waals surface area contributed by atoms with Crippen molar-refractivity contribution in [1.29, 1.82) is 0 Å². The van der Waals surface area contributed by atoms with E-state index < -0.39 is 11.8 Å². The zero-order valence-electron chi connectivity index (χ0n) is 13.4. The quantitative estimate of drug-likeness (QED) is 0.419. The van der Waals surface area contributed by atoms with Gasteiger partial charge in [-0.25, -0.2) is 4.79 Å². The summed E-state index contributed by atoms with van der Waals surface area (Å²) in [6.45, 7) is 2.42. The van der Waals surface area contributed by atoms with E-state index in [1.54, 1.807) is 30.3 Å². The lowest BCUT2D eigenvalue weighted by Gasteiger charge is -2.11. The molecule has 0 bridgehead atoms. The summed E-state index contributed by atoms with van der Waals surface area (Å²) in [5, 5.41) is 0. The lowest BCUT2D eigenvalue weighted by atomic mass is 9.99. The Hall–Kier alpha value is -2.42. The molecule has 2 aromatic rings. The van der Waals surface area contributed by atoms with E-state index in [-0.39, 0.29) is 6.61 Å². The van der Waals surface area contributed by atoms with Gasteiger partial charge in [0.2, 0.25) is 0 Å². The highest BCUT2D eigenvalue weighted by Gasteiger charge is 2.17. The van der Waals surface area contributed by atoms with Gasteiger partial charge in [-0.3, -0.25) is 4.79 Å². The Labute approximate surface area is 137 Å². The van der Waals surface area contributed by atoms with Crippen LogP contribution in [0.5, 0.6) is 0 Å². The van der Waals surface area contributed by atoms with Gasteiger partial charge in [0.15, 0.2) is 0 Å². The van der Waals surface area contributed by atoms with Crippen LogP contribution in [0.1, 0.15) is 35.7 Å². The number of rotatable bonds is 8. The molecule has 0 aliphatic rings. The number of Topliss-reactive ketones (excluding diaryl/α,β-unsaturated/α-hetero) is 1. The first-order valence-electron chi connectivity index (χ1n) is 7.97. The molecule has 2 aromatic carbocycles. The minimum atomic E-state index is -0.772. The fourth-order valence-corrected chi connectivity index (χ4v) is 2.33. The van der Waals surface area contributed by atoms with Gasteiger partial charge >= 0.3 is 5.97 Å². The van der Waals surface area contributed by atoms with Gasteiger partial charge < -0.3 is 4.74 Å². The molecule has 23 heavy (non-hydrogen) atoms. The Balaban J connectivity index is 1.68. The van der Waals surface area contributed by atoms with Crippen LogP contribution in [0.4, 0.5) is 0 Å². The summed E-state index contributed by atoms with van der Waals surface area (Å²) in [6.07, 6.45) is 2.81. The number of aryl methyl sites for hydroxylation is 1. The van der Waals surface area contributed by atoms with Gasteiger partial charge in [0.05, 0.1) is 6.61 Å². The van der Waals surface area contributed by atoms with Crippen molar-refractivity contribution in [3.63, 3.8) is 0 Å². The molecule has 0 fully saturated rings. The molecule has 1 atom stereocenters. The van der Waals surface area contributed by atoms with Crippen molar-refractivity contribution in [2.24, 2.45) is 5.92 Å². The molecule has 0 saturated heterocycles. The lowest BCUT2D eigenvalue weighted by Crippen LogP contribution is -2.19. The lowest BCUT2D eigenvalue weighted by molar-refractivity contribution is -0.138. The van der Waals surface area contributed by atoms with Crippen LogP contribution in [0.25, 0.3) is 0 Å². The summed E-state index contributed by atoms with van der Waals surface area (Å²) in [4.78, 5) is 23.6. The Bertz CT molecular complexity index is 620. The molecule has 0 spiro atoms. The summed E-state index contributed by atoms with van der Waals surface area (Å²) >= 11 is 0. The average molecular weight is 310 g/mol. The monoisotopic (exact) mass is 310 g/mol. The van der Waals surface area contributed by atoms with E-state index in [0.717, 1.165) is 19.3 Å². The minimum Gasteiger partial charge on any atom is -0.460 e. The number of carbonyl (C=O) groups excluding carboxylic acids is 2. The Morgan fingerprint density at radius 2 is 1.52 bits per heavy atom. The van der Waals surface area contributed by atoms with Gasteiger partial charge in [-0.05, 0) is 30.7 Å². The van der Waals surface area contributed by atoms with Crippen LogP contribution < -0.4 is 0 Å². The molecule has 0 heterocycles. The van der Waals surface area contributed by atoms with Gasteiger partial charge in [-0.1, -0.05) is 67.6 Å². The Morgan fingerprint density at radius 3 is 2.17 bits per heavy atom. The molecule has 0 N–H and O–H groups in total. The molecule has 3 nitrogen and oxygen atoms in total. The number of ketones is 1. The van der Waals surface area contributed by atoms with Crippen molar-refractivity contribution in [2.75, 3.05) is 6.61 Å². The SMILES string of the molecule is CC(CCOC(=O)C(=O)c1ccccc1)CCc1ccccc1. The second kappa shape index (κ2) is 8.89. The van der Waals surface area contributed by atoms with E-state index in [1.807, 2.05) is 18.2 Å². The summed E-state index contributed by atoms with van der Waals surface area (Å²) in [5.74, 6) is -0.913. The molecule has 3 heteroatoms. The summed E-state index contributed by atoms with van der Waals surface area (Å²) in [5.41, 5.74) is 1.69. The predicted octanol–water partition coefficient (Wildman–Crippen LogP) is 4.07. The highest BCUT2D eigenvalue weighted by Crippen LogP contribution is 2.13. The number of hydrogen-bond donors (Lipinski definition) is 0. The number of carbonyl (C=O) groups is 2. The average Bonchev–Trinajstić information content (AvgIpc) is 2.61. The first-order chi connectivity index (χ1) is 11.2. The largest absolute Gasteiger partial charge is 0.460 e. The van der Waals surface area contributed by atoms with Crippen LogP contribution in [0.3, 0.4) is 0 Å². The number of esters is 1. The molecule has 1 unspecified atom stereocenters. The van der Waals surface area contributed by atoms with Gasteiger partial charge in [-0.2, -0.15) is 0 Å². The first kappa shape index (κ1) is 16.9. The van der Waals surface area contributed by atoms with E-state index in [1.165, 1.54) is 5.56 Å². The fraction of sp³-hybridized carbons (Fsp3) is 0.300. The smallest absolute Gasteiger partial charge is 0.379 e. The van der Waals surface area contributed by atoms with Crippen LogP contribution in [0.15, 0.2) is 60.7 Å². The van der Waals surface area contributed by atoms with E-state index in [2.05, 4.69) is 19.1 Å². The van der Waals surface area contributed by atoms with Crippen molar-refractivity contribution in [2.45, 2.75) is 26.2 Å². The fourth-order valence-electron chi connectivity index (χ4n) is 2.33. The second-order valence-corrected chi connectivity index (χ2v) is 5.75. The number of hydrogen-bond acceptors (Lipinski definition) is 3. The Morgan fingerprint density at radius 1 is 0.913 bits per heavy atom. The maximum Gasteiger partial charge on any atom is 0.379 e. The summed E-state index contributed by atoms with van der Waals surface area (Å²) in [7, 11) is 0. The van der Waals surface area contributed by atoms with Gasteiger partial charge in [-0.15, -0.1) is 0 Å². The first-order valence-corrected chi connectivity index (χ1v) is 7.97. The van der Waals surface area contributed by atoms with Crippen molar-refractivity contribution < 1.29 is 14.3 Å². The zero-order valence-corrected chi connectivity index (χ0v) is 13.4. The Kier molecular flexibility index (Phi) is 6.55. The van der Waals surface area contributed by atoms with Crippen LogP contribution in [-0.2, 0) is 16.0 Å². The van der Waals surface area contributed by atoms with Gasteiger partial charge in [0, 0.05) is 5.56 Å². The molecule has 0 aliphatic heterocycles. The number of ether oxygens (including phenoxy) is 1. The second-order valence-electron chi connectivity index (χ2n) is 5.75. The number of benzene rings is 2. The molecule has 0 radical (unpaired) electrons. The molecular formula is C20H22O3. The molecule has 120 valence electrons. The summed E-state index contributed by atoms with van der Waals surface area (Å²) < 4.78 is 5.09. The van der Waals surface area contributed by atoms with Crippen molar-refractivity contribution >= 4 is 11.8 Å². The zero-order chi connectivity index (χ0) is 16.5. The predicted molar refractivity (Wildman–Crippen MR) is 90.3 cm³/mol. The minimum absolute atomic E-state index is 0.285. The maximum absolute atomic E-state index is 11.9. The molecule has 2 rings (SSSR count). The molecule has 0 aromatic heterocycles. The standard InChI is InChI=1S/C20H22O3/c1-16(12-13-17-8-4-2-5-9-17)14-15-23-20(22)19(21)18-10-6-3-7-11-18/h2-11,16H,12-15H2,1H3. The van der Waals surface area contributed by atoms with Gasteiger partial charge in [0.25, 0.3) is 5.78 Å². The third-order valence-electron chi connectivity index (χ3n) is 3.83. The van der Waals surface area contributed by atoms with Crippen molar-refractivity contribution in [1.82, 2.24) is 0 Å². The van der Waals surface area contributed by atoms with Crippen molar-refractivity contribution in [3.8, 4) is 0 Å². The highest BCUT2D eigenvalue weighted by molar-refractivity contribution is 6.40.